The second-order valence-electron chi connectivity index (χ2n) is 11.2. The van der Waals surface area contributed by atoms with Crippen LogP contribution in [0.4, 0.5) is 4.39 Å². The SMILES string of the molecule is CCN(CCC(C)C)Cc1ccc2c(c1)OCCC2n1cc(CC2C(=O)NC=CN2S(=O)(=O)c2ccc(F)c(Cl)c2)nn1. The Hall–Kier alpha value is -3.48. The molecule has 3 aromatic rings. The predicted molar refractivity (Wildman–Crippen MR) is 160 cm³/mol. The number of halogens is 2. The Morgan fingerprint density at radius 3 is 2.79 bits per heavy atom. The Labute approximate surface area is 256 Å². The average Bonchev–Trinajstić information content (AvgIpc) is 3.45. The summed E-state index contributed by atoms with van der Waals surface area (Å²) in [5, 5.41) is 10.9. The molecule has 1 aromatic heterocycles. The van der Waals surface area contributed by atoms with Crippen LogP contribution in [0, 0.1) is 11.7 Å². The van der Waals surface area contributed by atoms with E-state index < -0.39 is 27.8 Å². The van der Waals surface area contributed by atoms with E-state index in [4.69, 9.17) is 16.3 Å². The molecule has 1 amide bonds. The zero-order chi connectivity index (χ0) is 30.7. The van der Waals surface area contributed by atoms with Crippen molar-refractivity contribution in [2.75, 3.05) is 19.7 Å². The van der Waals surface area contributed by atoms with E-state index in [1.54, 1.807) is 10.9 Å². The lowest BCUT2D eigenvalue weighted by atomic mass is 9.98. The predicted octanol–water partition coefficient (Wildman–Crippen LogP) is 4.51. The van der Waals surface area contributed by atoms with Gasteiger partial charge in [-0.1, -0.05) is 49.7 Å². The molecule has 0 aliphatic carbocycles. The van der Waals surface area contributed by atoms with Gasteiger partial charge in [0.15, 0.2) is 0 Å². The van der Waals surface area contributed by atoms with Gasteiger partial charge in [-0.05, 0) is 55.3 Å². The van der Waals surface area contributed by atoms with Gasteiger partial charge in [0.1, 0.15) is 17.6 Å². The van der Waals surface area contributed by atoms with Crippen LogP contribution in [0.2, 0.25) is 5.02 Å². The summed E-state index contributed by atoms with van der Waals surface area (Å²) in [7, 11) is -4.22. The van der Waals surface area contributed by atoms with Gasteiger partial charge in [-0.15, -0.1) is 5.10 Å². The van der Waals surface area contributed by atoms with E-state index in [-0.39, 0.29) is 22.4 Å². The molecule has 2 aromatic carbocycles. The summed E-state index contributed by atoms with van der Waals surface area (Å²) < 4.78 is 49.3. The highest BCUT2D eigenvalue weighted by atomic mass is 35.5. The summed E-state index contributed by atoms with van der Waals surface area (Å²) in [5.41, 5.74) is 2.62. The second kappa shape index (κ2) is 13.0. The van der Waals surface area contributed by atoms with Gasteiger partial charge in [-0.25, -0.2) is 17.5 Å². The number of rotatable bonds is 11. The lowest BCUT2D eigenvalue weighted by molar-refractivity contribution is -0.124. The molecule has 2 unspecified atom stereocenters. The Bertz CT molecular complexity index is 1610. The molecule has 0 saturated carbocycles. The fourth-order valence-corrected chi connectivity index (χ4v) is 7.01. The molecular weight excluding hydrogens is 595 g/mol. The number of nitrogens with zero attached hydrogens (tertiary/aromatic N) is 5. The third-order valence-corrected chi connectivity index (χ3v) is 9.84. The second-order valence-corrected chi connectivity index (χ2v) is 13.5. The van der Waals surface area contributed by atoms with Crippen molar-refractivity contribution < 1.29 is 22.3 Å². The van der Waals surface area contributed by atoms with Crippen molar-refractivity contribution in [3.05, 3.63) is 82.7 Å². The van der Waals surface area contributed by atoms with Crippen LogP contribution in [0.25, 0.3) is 0 Å². The van der Waals surface area contributed by atoms with Crippen LogP contribution in [-0.2, 0) is 27.8 Å². The van der Waals surface area contributed by atoms with Crippen molar-refractivity contribution in [1.82, 2.24) is 29.5 Å². The molecule has 5 rings (SSSR count). The standard InChI is InChI=1S/C30H36ClFN6O4S/c1-4-36(12-9-20(2)3)18-21-5-7-24-27(10-14-42-29(24)15-21)37-19-22(34-35-37)16-28-30(39)33-11-13-38(28)43(40,41)23-6-8-26(32)25(31)17-23/h5-8,11,13,15,17,19-20,27-28H,4,9-10,12,14,16,18H2,1-3H3,(H,33,39). The first-order chi connectivity index (χ1) is 20.6. The molecule has 1 N–H and O–H groups in total. The Balaban J connectivity index is 1.33. The normalized spacial score (nSPS) is 18.6. The van der Waals surface area contributed by atoms with Crippen molar-refractivity contribution >= 4 is 27.5 Å². The van der Waals surface area contributed by atoms with Gasteiger partial charge < -0.3 is 10.1 Å². The van der Waals surface area contributed by atoms with E-state index in [9.17, 15) is 17.6 Å². The van der Waals surface area contributed by atoms with E-state index in [1.165, 1.54) is 18.0 Å². The van der Waals surface area contributed by atoms with Gasteiger partial charge in [0, 0.05) is 43.5 Å². The molecule has 0 bridgehead atoms. The van der Waals surface area contributed by atoms with Crippen molar-refractivity contribution in [3.8, 4) is 5.75 Å². The van der Waals surface area contributed by atoms with E-state index in [0.29, 0.717) is 24.6 Å². The van der Waals surface area contributed by atoms with Crippen molar-refractivity contribution in [3.63, 3.8) is 0 Å². The number of carbonyl (C=O) groups excluding carboxylic acids is 1. The molecule has 10 nitrogen and oxygen atoms in total. The van der Waals surface area contributed by atoms with Crippen molar-refractivity contribution in [2.24, 2.45) is 5.92 Å². The lowest BCUT2D eigenvalue weighted by Gasteiger charge is -2.31. The Morgan fingerprint density at radius 1 is 1.23 bits per heavy atom. The summed E-state index contributed by atoms with van der Waals surface area (Å²) in [6.45, 7) is 10.0. The van der Waals surface area contributed by atoms with Crippen molar-refractivity contribution in [1.29, 1.82) is 0 Å². The molecule has 0 spiro atoms. The smallest absolute Gasteiger partial charge is 0.264 e. The molecule has 3 heterocycles. The molecule has 2 aliphatic rings. The maximum absolute atomic E-state index is 13.7. The molecule has 0 saturated heterocycles. The zero-order valence-electron chi connectivity index (χ0n) is 24.4. The first kappa shape index (κ1) is 31.0. The van der Waals surface area contributed by atoms with Crippen LogP contribution in [0.1, 0.15) is 56.5 Å². The van der Waals surface area contributed by atoms with Crippen LogP contribution < -0.4 is 10.1 Å². The first-order valence-corrected chi connectivity index (χ1v) is 16.2. The molecule has 13 heteroatoms. The topological polar surface area (TPSA) is 110 Å². The third-order valence-electron chi connectivity index (χ3n) is 7.76. The number of nitrogens with one attached hydrogen (secondary N) is 1. The van der Waals surface area contributed by atoms with Gasteiger partial charge in [0.25, 0.3) is 10.0 Å². The summed E-state index contributed by atoms with van der Waals surface area (Å²) >= 11 is 5.84. The van der Waals surface area contributed by atoms with E-state index in [0.717, 1.165) is 59.9 Å². The lowest BCUT2D eigenvalue weighted by Crippen LogP contribution is -2.50. The monoisotopic (exact) mass is 630 g/mol. The van der Waals surface area contributed by atoms with Crippen LogP contribution >= 0.6 is 11.6 Å². The molecule has 43 heavy (non-hydrogen) atoms. The quantitative estimate of drug-likeness (QED) is 0.332. The number of sulfonamides is 1. The molecule has 0 radical (unpaired) electrons. The largest absolute Gasteiger partial charge is 0.493 e. The van der Waals surface area contributed by atoms with Gasteiger partial charge in [0.2, 0.25) is 5.91 Å². The number of hydrogen-bond acceptors (Lipinski definition) is 7. The molecule has 0 fully saturated rings. The zero-order valence-corrected chi connectivity index (χ0v) is 26.0. The number of ether oxygens (including phenoxy) is 1. The summed E-state index contributed by atoms with van der Waals surface area (Å²) in [4.78, 5) is 15.1. The highest BCUT2D eigenvalue weighted by Crippen LogP contribution is 2.35. The fraction of sp³-hybridized carbons (Fsp3) is 0.433. The average molecular weight is 631 g/mol. The highest BCUT2D eigenvalue weighted by Gasteiger charge is 2.37. The third kappa shape index (κ3) is 6.86. The number of amides is 1. The minimum absolute atomic E-state index is 0.0252. The minimum atomic E-state index is -4.22. The molecule has 2 atom stereocenters. The van der Waals surface area contributed by atoms with Crippen LogP contribution in [0.15, 0.2) is 59.9 Å². The van der Waals surface area contributed by atoms with Gasteiger partial charge in [0.05, 0.1) is 28.3 Å². The summed E-state index contributed by atoms with van der Waals surface area (Å²) in [6, 6.07) is 8.16. The number of aromatic nitrogens is 3. The van der Waals surface area contributed by atoms with E-state index in [2.05, 4.69) is 59.5 Å². The van der Waals surface area contributed by atoms with Crippen LogP contribution in [0.5, 0.6) is 5.75 Å². The molecule has 230 valence electrons. The van der Waals surface area contributed by atoms with Gasteiger partial charge in [-0.2, -0.15) is 0 Å². The number of carbonyl (C=O) groups is 1. The molecular formula is C30H36ClFN6O4S. The van der Waals surface area contributed by atoms with Crippen molar-refractivity contribution in [2.45, 2.75) is 63.6 Å². The maximum atomic E-state index is 13.7. The Morgan fingerprint density at radius 2 is 2.05 bits per heavy atom. The first-order valence-electron chi connectivity index (χ1n) is 14.4. The summed E-state index contributed by atoms with van der Waals surface area (Å²) in [6.07, 6.45) is 6.05. The highest BCUT2D eigenvalue weighted by molar-refractivity contribution is 7.89. The van der Waals surface area contributed by atoms with Crippen LogP contribution in [0.3, 0.4) is 0 Å². The Kier molecular flexibility index (Phi) is 9.38. The van der Waals surface area contributed by atoms with Crippen LogP contribution in [-0.4, -0.2) is 64.3 Å². The van der Waals surface area contributed by atoms with E-state index >= 15 is 0 Å². The molecule has 2 aliphatic heterocycles. The fourth-order valence-electron chi connectivity index (χ4n) is 5.29. The van der Waals surface area contributed by atoms with Gasteiger partial charge >= 0.3 is 0 Å². The number of fused-ring (bicyclic) bond motifs is 1. The number of benzene rings is 2. The van der Waals surface area contributed by atoms with E-state index in [1.807, 2.05) is 0 Å². The maximum Gasteiger partial charge on any atom is 0.264 e. The van der Waals surface area contributed by atoms with Gasteiger partial charge in [-0.3, -0.25) is 14.0 Å². The minimum Gasteiger partial charge on any atom is -0.493 e. The number of hydrogen-bond donors (Lipinski definition) is 1. The summed E-state index contributed by atoms with van der Waals surface area (Å²) in [5.74, 6) is 0.209.